The highest BCUT2D eigenvalue weighted by atomic mass is 16.5. The predicted octanol–water partition coefficient (Wildman–Crippen LogP) is 1.76. The average molecular weight is 305 g/mol. The van der Waals surface area contributed by atoms with Gasteiger partial charge in [-0.25, -0.2) is 0 Å². The van der Waals surface area contributed by atoms with Gasteiger partial charge in [-0.1, -0.05) is 18.2 Å². The molecule has 0 bridgehead atoms. The minimum atomic E-state index is -0.538. The van der Waals surface area contributed by atoms with Crippen LogP contribution < -0.4 is 4.74 Å². The summed E-state index contributed by atoms with van der Waals surface area (Å²) in [6.45, 7) is 4.33. The number of para-hydroxylation sites is 1. The van der Waals surface area contributed by atoms with Gasteiger partial charge in [0, 0.05) is 5.56 Å². The first-order valence-electron chi connectivity index (χ1n) is 8.01. The van der Waals surface area contributed by atoms with Crippen LogP contribution in [0.5, 0.6) is 5.75 Å². The molecule has 22 heavy (non-hydrogen) atoms. The number of hydrogen-bond donors (Lipinski definition) is 1. The first-order chi connectivity index (χ1) is 10.7. The summed E-state index contributed by atoms with van der Waals surface area (Å²) >= 11 is 0. The Labute approximate surface area is 130 Å². The third-order valence-corrected chi connectivity index (χ3v) is 4.63. The molecule has 0 aromatic heterocycles. The molecule has 3 rings (SSSR count). The van der Waals surface area contributed by atoms with Crippen molar-refractivity contribution in [3.63, 3.8) is 0 Å². The van der Waals surface area contributed by atoms with Gasteiger partial charge in [0.15, 0.2) is 0 Å². The topological polar surface area (TPSA) is 59.0 Å². The Morgan fingerprint density at radius 3 is 2.82 bits per heavy atom. The molecule has 2 aliphatic rings. The maximum atomic E-state index is 11.8. The zero-order chi connectivity index (χ0) is 15.5. The average Bonchev–Trinajstić information content (AvgIpc) is 2.56. The van der Waals surface area contributed by atoms with E-state index in [0.29, 0.717) is 13.2 Å². The molecule has 0 amide bonds. The first-order valence-corrected chi connectivity index (χ1v) is 8.01. The summed E-state index contributed by atoms with van der Waals surface area (Å²) in [6, 6.07) is 7.59. The number of aliphatic hydroxyl groups is 1. The lowest BCUT2D eigenvalue weighted by atomic mass is 9.92. The largest absolute Gasteiger partial charge is 0.491 e. The van der Waals surface area contributed by atoms with Gasteiger partial charge < -0.3 is 14.6 Å². The van der Waals surface area contributed by atoms with Crippen LogP contribution >= 0.6 is 0 Å². The number of aliphatic hydroxyl groups excluding tert-OH is 1. The van der Waals surface area contributed by atoms with E-state index in [1.807, 2.05) is 31.2 Å². The summed E-state index contributed by atoms with van der Waals surface area (Å²) < 4.78 is 10.9. The number of fused-ring (bicyclic) bond motifs is 1. The van der Waals surface area contributed by atoms with Crippen molar-refractivity contribution in [2.24, 2.45) is 5.92 Å². The summed E-state index contributed by atoms with van der Waals surface area (Å²) in [6.07, 6.45) is 1.03. The van der Waals surface area contributed by atoms with E-state index in [-0.39, 0.29) is 17.9 Å². The number of likely N-dealkylation sites (tertiary alicyclic amines) is 1. The summed E-state index contributed by atoms with van der Waals surface area (Å²) in [5, 5.41) is 10.6. The van der Waals surface area contributed by atoms with E-state index >= 15 is 0 Å². The lowest BCUT2D eigenvalue weighted by molar-refractivity contribution is -0.150. The highest BCUT2D eigenvalue weighted by Crippen LogP contribution is 2.35. The van der Waals surface area contributed by atoms with Crippen LogP contribution in [0.3, 0.4) is 0 Å². The van der Waals surface area contributed by atoms with Crippen LogP contribution in [0.2, 0.25) is 0 Å². The number of benzene rings is 1. The fourth-order valence-corrected chi connectivity index (χ4v) is 3.36. The Bertz CT molecular complexity index is 525. The third-order valence-electron chi connectivity index (χ3n) is 4.63. The normalized spacial score (nSPS) is 26.1. The molecule has 1 fully saturated rings. The molecule has 120 valence electrons. The molecule has 1 aromatic rings. The molecule has 2 heterocycles. The molecule has 5 heteroatoms. The molecule has 0 radical (unpaired) electrons. The second-order valence-corrected chi connectivity index (χ2v) is 5.92. The van der Waals surface area contributed by atoms with Crippen LogP contribution in [0, 0.1) is 5.92 Å². The van der Waals surface area contributed by atoms with Crippen molar-refractivity contribution in [3.8, 4) is 5.75 Å². The summed E-state index contributed by atoms with van der Waals surface area (Å²) in [5.41, 5.74) is 0.853. The summed E-state index contributed by atoms with van der Waals surface area (Å²) in [5.74, 6) is 0.672. The van der Waals surface area contributed by atoms with Crippen molar-refractivity contribution in [3.05, 3.63) is 29.8 Å². The van der Waals surface area contributed by atoms with Crippen LogP contribution in [0.4, 0.5) is 0 Å². The monoisotopic (exact) mass is 305 g/mol. The van der Waals surface area contributed by atoms with E-state index in [1.54, 1.807) is 0 Å². The molecule has 1 N–H and O–H groups in total. The number of esters is 1. The van der Waals surface area contributed by atoms with E-state index in [4.69, 9.17) is 9.47 Å². The van der Waals surface area contributed by atoms with Gasteiger partial charge in [0.2, 0.25) is 0 Å². The molecule has 2 atom stereocenters. The lowest BCUT2D eigenvalue weighted by Crippen LogP contribution is -2.49. The fraction of sp³-hybridized carbons (Fsp3) is 0.588. The van der Waals surface area contributed by atoms with E-state index < -0.39 is 6.10 Å². The van der Waals surface area contributed by atoms with Gasteiger partial charge in [-0.15, -0.1) is 0 Å². The number of piperidine rings is 1. The van der Waals surface area contributed by atoms with Crippen LogP contribution in [0.15, 0.2) is 24.3 Å². The Balaban J connectivity index is 1.62. The Morgan fingerprint density at radius 1 is 1.36 bits per heavy atom. The van der Waals surface area contributed by atoms with E-state index in [1.165, 1.54) is 0 Å². The highest BCUT2D eigenvalue weighted by Gasteiger charge is 2.36. The van der Waals surface area contributed by atoms with Gasteiger partial charge >= 0.3 is 5.97 Å². The Morgan fingerprint density at radius 2 is 2.09 bits per heavy atom. The minimum Gasteiger partial charge on any atom is -0.491 e. The zero-order valence-electron chi connectivity index (χ0n) is 12.9. The van der Waals surface area contributed by atoms with Crippen molar-refractivity contribution in [1.29, 1.82) is 0 Å². The minimum absolute atomic E-state index is 0.00913. The molecule has 0 aliphatic carbocycles. The van der Waals surface area contributed by atoms with Gasteiger partial charge in [-0.2, -0.15) is 0 Å². The molecule has 1 saturated heterocycles. The molecule has 1 aromatic carbocycles. The van der Waals surface area contributed by atoms with Gasteiger partial charge in [0.05, 0.1) is 18.6 Å². The smallest absolute Gasteiger partial charge is 0.309 e. The SMILES string of the molecule is CCOC(=O)C1CCN(C2COc3ccccc3C2O)CC1. The molecular formula is C17H23NO4. The summed E-state index contributed by atoms with van der Waals surface area (Å²) in [4.78, 5) is 14.0. The second-order valence-electron chi connectivity index (χ2n) is 5.92. The molecule has 2 unspecified atom stereocenters. The molecular weight excluding hydrogens is 282 g/mol. The van der Waals surface area contributed by atoms with Gasteiger partial charge in [-0.3, -0.25) is 9.69 Å². The van der Waals surface area contributed by atoms with Crippen LogP contribution in [0.25, 0.3) is 0 Å². The second kappa shape index (κ2) is 6.67. The van der Waals surface area contributed by atoms with Crippen molar-refractivity contribution in [2.75, 3.05) is 26.3 Å². The molecule has 2 aliphatic heterocycles. The quantitative estimate of drug-likeness (QED) is 0.862. The van der Waals surface area contributed by atoms with Crippen molar-refractivity contribution < 1.29 is 19.4 Å². The number of carbonyl (C=O) groups excluding carboxylic acids is 1. The van der Waals surface area contributed by atoms with Crippen LogP contribution in [0.1, 0.15) is 31.4 Å². The lowest BCUT2D eigenvalue weighted by Gasteiger charge is -2.41. The van der Waals surface area contributed by atoms with Crippen molar-refractivity contribution >= 4 is 5.97 Å². The fourth-order valence-electron chi connectivity index (χ4n) is 3.36. The van der Waals surface area contributed by atoms with Crippen LogP contribution in [-0.2, 0) is 9.53 Å². The molecule has 5 nitrogen and oxygen atoms in total. The first kappa shape index (κ1) is 15.3. The standard InChI is InChI=1S/C17H23NO4/c1-2-21-17(20)12-7-9-18(10-8-12)14-11-22-15-6-4-3-5-13(15)16(14)19/h3-6,12,14,16,19H,2,7-11H2,1H3. The predicted molar refractivity (Wildman–Crippen MR) is 81.6 cm³/mol. The molecule has 0 spiro atoms. The third kappa shape index (κ3) is 2.96. The van der Waals surface area contributed by atoms with Gasteiger partial charge in [-0.05, 0) is 38.9 Å². The number of rotatable bonds is 3. The van der Waals surface area contributed by atoms with Crippen molar-refractivity contribution in [1.82, 2.24) is 4.90 Å². The Hall–Kier alpha value is -1.59. The van der Waals surface area contributed by atoms with Crippen molar-refractivity contribution in [2.45, 2.75) is 31.9 Å². The highest BCUT2D eigenvalue weighted by molar-refractivity contribution is 5.72. The Kier molecular flexibility index (Phi) is 4.64. The van der Waals surface area contributed by atoms with Gasteiger partial charge in [0.1, 0.15) is 18.5 Å². The number of ether oxygens (including phenoxy) is 2. The van der Waals surface area contributed by atoms with E-state index in [9.17, 15) is 9.90 Å². The van der Waals surface area contributed by atoms with E-state index in [0.717, 1.165) is 37.2 Å². The summed E-state index contributed by atoms with van der Waals surface area (Å²) in [7, 11) is 0. The number of hydrogen-bond acceptors (Lipinski definition) is 5. The maximum absolute atomic E-state index is 11.8. The van der Waals surface area contributed by atoms with Crippen LogP contribution in [-0.4, -0.2) is 48.3 Å². The number of nitrogens with zero attached hydrogens (tertiary/aromatic N) is 1. The molecule has 0 saturated carbocycles. The zero-order valence-corrected chi connectivity index (χ0v) is 12.9. The number of carbonyl (C=O) groups is 1. The van der Waals surface area contributed by atoms with E-state index in [2.05, 4.69) is 4.90 Å². The van der Waals surface area contributed by atoms with Gasteiger partial charge in [0.25, 0.3) is 0 Å². The maximum Gasteiger partial charge on any atom is 0.309 e.